The minimum Gasteiger partial charge on any atom is -0.309 e. The molecule has 0 aromatic heterocycles. The van der Waals surface area contributed by atoms with Crippen LogP contribution in [0.4, 0.5) is 0 Å². The molecule has 0 saturated carbocycles. The molecule has 3 nitrogen and oxygen atoms in total. The molecule has 0 aliphatic carbocycles. The van der Waals surface area contributed by atoms with E-state index in [1.54, 1.807) is 0 Å². The number of benzene rings is 2. The summed E-state index contributed by atoms with van der Waals surface area (Å²) in [5.74, 6) is 0. The van der Waals surface area contributed by atoms with Crippen molar-refractivity contribution in [3.8, 4) is 0 Å². The number of hydrogen-bond acceptors (Lipinski definition) is 3. The van der Waals surface area contributed by atoms with E-state index >= 15 is 0 Å². The summed E-state index contributed by atoms with van der Waals surface area (Å²) >= 11 is 0. The first-order chi connectivity index (χ1) is 8.43. The van der Waals surface area contributed by atoms with Crippen LogP contribution >= 0.6 is 0 Å². The van der Waals surface area contributed by atoms with Crippen molar-refractivity contribution in [2.45, 2.75) is 12.6 Å². The van der Waals surface area contributed by atoms with Gasteiger partial charge in [0.2, 0.25) is 12.6 Å². The Labute approximate surface area is 99.5 Å². The van der Waals surface area contributed by atoms with E-state index < -0.39 is 12.6 Å². The zero-order valence-corrected chi connectivity index (χ0v) is 9.15. The average molecular weight is 229 g/mol. The predicted molar refractivity (Wildman–Crippen MR) is 61.6 cm³/mol. The molecule has 1 saturated heterocycles. The van der Waals surface area contributed by atoms with Crippen LogP contribution in [-0.4, -0.2) is 0 Å². The number of rotatable bonds is 2. The van der Waals surface area contributed by atoms with Crippen molar-refractivity contribution in [3.63, 3.8) is 0 Å². The van der Waals surface area contributed by atoms with Crippen molar-refractivity contribution in [2.75, 3.05) is 0 Å². The van der Waals surface area contributed by atoms with Crippen molar-refractivity contribution >= 4 is 0 Å². The molecule has 17 heavy (non-hydrogen) atoms. The van der Waals surface area contributed by atoms with Gasteiger partial charge < -0.3 is 4.74 Å². The zero-order chi connectivity index (χ0) is 11.5. The van der Waals surface area contributed by atoms with Crippen LogP contribution < -0.4 is 0 Å². The van der Waals surface area contributed by atoms with E-state index in [4.69, 9.17) is 14.5 Å². The van der Waals surface area contributed by atoms with Gasteiger partial charge in [-0.1, -0.05) is 60.7 Å². The highest BCUT2D eigenvalue weighted by Crippen LogP contribution is 2.35. The average Bonchev–Trinajstić information content (AvgIpc) is 2.90. The molecule has 3 heteroatoms. The molecular weight excluding hydrogens is 217 g/mol. The van der Waals surface area contributed by atoms with Crippen LogP contribution in [0.3, 0.4) is 0 Å². The largest absolute Gasteiger partial charge is 0.309 e. The first-order valence-corrected chi connectivity index (χ1v) is 5.51. The van der Waals surface area contributed by atoms with E-state index in [9.17, 15) is 0 Å². The van der Waals surface area contributed by atoms with Gasteiger partial charge in [-0.05, 0) is 0 Å². The van der Waals surface area contributed by atoms with E-state index in [0.717, 1.165) is 11.1 Å². The fraction of sp³-hybridized carbons (Fsp3) is 0.143. The first kappa shape index (κ1) is 10.5. The summed E-state index contributed by atoms with van der Waals surface area (Å²) in [6.45, 7) is 0. The van der Waals surface area contributed by atoms with Crippen LogP contribution in [0.15, 0.2) is 60.7 Å². The summed E-state index contributed by atoms with van der Waals surface area (Å²) in [5, 5.41) is 0. The molecule has 1 heterocycles. The Kier molecular flexibility index (Phi) is 2.88. The lowest BCUT2D eigenvalue weighted by atomic mass is 10.2. The molecule has 2 unspecified atom stereocenters. The molecule has 3 rings (SSSR count). The molecule has 0 bridgehead atoms. The molecular formula is C14H12O3. The second-order valence-corrected chi connectivity index (χ2v) is 3.81. The Morgan fingerprint density at radius 3 is 1.47 bits per heavy atom. The normalized spacial score (nSPS) is 23.8. The summed E-state index contributed by atoms with van der Waals surface area (Å²) in [6.07, 6.45) is -0.914. The summed E-state index contributed by atoms with van der Waals surface area (Å²) in [7, 11) is 0. The second-order valence-electron chi connectivity index (χ2n) is 3.81. The Hall–Kier alpha value is -1.68. The molecule has 2 aromatic carbocycles. The van der Waals surface area contributed by atoms with Crippen molar-refractivity contribution in [3.05, 3.63) is 71.8 Å². The molecule has 0 radical (unpaired) electrons. The van der Waals surface area contributed by atoms with Crippen LogP contribution in [0.25, 0.3) is 0 Å². The number of ether oxygens (including phenoxy) is 1. The molecule has 0 spiro atoms. The lowest BCUT2D eigenvalue weighted by Gasteiger charge is -2.08. The zero-order valence-electron chi connectivity index (χ0n) is 9.15. The standard InChI is InChI=1S/C14H12O3/c1-3-7-11(8-4-1)13-15-14(17-16-13)12-9-5-2-6-10-12/h1-10,13-14H/i15+1. The maximum atomic E-state index is 5.69. The van der Waals surface area contributed by atoms with Crippen molar-refractivity contribution in [1.29, 1.82) is 0 Å². The maximum Gasteiger partial charge on any atom is 0.220 e. The van der Waals surface area contributed by atoms with Gasteiger partial charge >= 0.3 is 0 Å². The van der Waals surface area contributed by atoms with Crippen molar-refractivity contribution in [1.82, 2.24) is 0 Å². The Bertz CT molecular complexity index is 424. The lowest BCUT2D eigenvalue weighted by molar-refractivity contribution is -0.300. The van der Waals surface area contributed by atoms with Crippen molar-refractivity contribution < 1.29 is 14.5 Å². The van der Waals surface area contributed by atoms with Gasteiger partial charge in [0.25, 0.3) is 0 Å². The van der Waals surface area contributed by atoms with E-state index in [1.807, 2.05) is 60.7 Å². The predicted octanol–water partition coefficient (Wildman–Crippen LogP) is 3.36. The summed E-state index contributed by atoms with van der Waals surface area (Å²) in [5.41, 5.74) is 1.90. The van der Waals surface area contributed by atoms with Crippen LogP contribution in [0.5, 0.6) is 0 Å². The third-order valence-electron chi connectivity index (χ3n) is 2.62. The summed E-state index contributed by atoms with van der Waals surface area (Å²) in [4.78, 5) is 10.4. The lowest BCUT2D eigenvalue weighted by Crippen LogP contribution is -2.00. The molecule has 1 aliphatic rings. The van der Waals surface area contributed by atoms with E-state index in [0.29, 0.717) is 0 Å². The van der Waals surface area contributed by atoms with E-state index in [1.165, 1.54) is 0 Å². The Morgan fingerprint density at radius 1 is 0.647 bits per heavy atom. The quantitative estimate of drug-likeness (QED) is 0.739. The molecule has 0 amide bonds. The maximum absolute atomic E-state index is 5.69. The van der Waals surface area contributed by atoms with Crippen LogP contribution in [0, 0.1) is 0 Å². The van der Waals surface area contributed by atoms with Crippen LogP contribution in [0.2, 0.25) is 0 Å². The highest BCUT2D eigenvalue weighted by atomic mass is 17.6. The van der Waals surface area contributed by atoms with Crippen molar-refractivity contribution in [2.24, 2.45) is 0 Å². The molecule has 0 N–H and O–H groups in total. The monoisotopic (exact) mass is 229 g/mol. The van der Waals surface area contributed by atoms with Gasteiger partial charge in [-0.2, -0.15) is 9.78 Å². The van der Waals surface area contributed by atoms with Gasteiger partial charge in [-0.15, -0.1) is 0 Å². The minimum absolute atomic E-state index is 0.457. The summed E-state index contributed by atoms with van der Waals surface area (Å²) in [6, 6.07) is 19.5. The fourth-order valence-electron chi connectivity index (χ4n) is 1.75. The van der Waals surface area contributed by atoms with E-state index in [2.05, 4.69) is 0 Å². The SMILES string of the molecule is c1ccc(C2OOC(c3ccccc3)[17O]2)cc1. The third kappa shape index (κ3) is 2.22. The second kappa shape index (κ2) is 4.67. The Morgan fingerprint density at radius 2 is 1.06 bits per heavy atom. The molecule has 1 aliphatic heterocycles. The smallest absolute Gasteiger partial charge is 0.220 e. The highest BCUT2D eigenvalue weighted by molar-refractivity contribution is 5.18. The summed E-state index contributed by atoms with van der Waals surface area (Å²) < 4.78 is 5.69. The van der Waals surface area contributed by atoms with Gasteiger partial charge in [-0.3, -0.25) is 0 Å². The van der Waals surface area contributed by atoms with Crippen LogP contribution in [-0.2, 0) is 14.5 Å². The van der Waals surface area contributed by atoms with Gasteiger partial charge in [0.15, 0.2) is 0 Å². The highest BCUT2D eigenvalue weighted by Gasteiger charge is 2.30. The molecule has 2 atom stereocenters. The third-order valence-corrected chi connectivity index (χ3v) is 2.62. The van der Waals surface area contributed by atoms with Gasteiger partial charge in [-0.25, -0.2) is 0 Å². The number of hydrogen-bond donors (Lipinski definition) is 0. The molecule has 86 valence electrons. The van der Waals surface area contributed by atoms with Gasteiger partial charge in [0.05, 0.1) is 0 Å². The van der Waals surface area contributed by atoms with Gasteiger partial charge in [0, 0.05) is 11.1 Å². The molecule has 2 aromatic rings. The topological polar surface area (TPSA) is 27.7 Å². The first-order valence-electron chi connectivity index (χ1n) is 5.51. The van der Waals surface area contributed by atoms with E-state index in [-0.39, 0.29) is 0 Å². The minimum atomic E-state index is -0.457. The van der Waals surface area contributed by atoms with Crippen LogP contribution in [0.1, 0.15) is 23.7 Å². The van der Waals surface area contributed by atoms with Gasteiger partial charge in [0.1, 0.15) is 0 Å². The molecule has 1 fully saturated rings. The fourth-order valence-corrected chi connectivity index (χ4v) is 1.75. The Balaban J connectivity index is 1.75.